The molecule has 0 amide bonds. The smallest absolute Gasteiger partial charge is 0.150 e. The number of aliphatic hydroxyl groups is 1. The number of benzene rings is 1. The second kappa shape index (κ2) is 4.61. The van der Waals surface area contributed by atoms with Crippen LogP contribution in [0.15, 0.2) is 23.4 Å². The number of aliphatic hydroxyl groups excluding tert-OH is 1. The Morgan fingerprint density at radius 1 is 1.56 bits per heavy atom. The van der Waals surface area contributed by atoms with Crippen molar-refractivity contribution in [2.75, 3.05) is 6.61 Å². The molecule has 2 rings (SSSR count). The highest BCUT2D eigenvalue weighted by molar-refractivity contribution is 6.00. The third-order valence-electron chi connectivity index (χ3n) is 2.65. The fraction of sp³-hybridized carbons (Fsp3) is 0.417. The van der Waals surface area contributed by atoms with Gasteiger partial charge in [0, 0.05) is 5.56 Å². The van der Waals surface area contributed by atoms with Crippen LogP contribution in [0.25, 0.3) is 0 Å². The van der Waals surface area contributed by atoms with E-state index in [1.54, 1.807) is 6.07 Å². The molecule has 86 valence electrons. The number of oxime groups is 1. The molecule has 0 fully saturated rings. The van der Waals surface area contributed by atoms with Crippen LogP contribution in [0.4, 0.5) is 4.39 Å². The minimum absolute atomic E-state index is 0.0485. The summed E-state index contributed by atoms with van der Waals surface area (Å²) in [5.41, 5.74) is 1.98. The normalized spacial score (nSPS) is 20.2. The largest absolute Gasteiger partial charge is 0.392 e. The van der Waals surface area contributed by atoms with E-state index in [9.17, 15) is 4.39 Å². The highest BCUT2D eigenvalue weighted by Gasteiger charge is 2.19. The quantitative estimate of drug-likeness (QED) is 0.833. The highest BCUT2D eigenvalue weighted by atomic mass is 19.1. The summed E-state index contributed by atoms with van der Waals surface area (Å²) in [6.45, 7) is 1.79. The van der Waals surface area contributed by atoms with Crippen molar-refractivity contribution in [2.45, 2.75) is 25.9 Å². The van der Waals surface area contributed by atoms with Crippen molar-refractivity contribution in [2.24, 2.45) is 5.16 Å². The summed E-state index contributed by atoms with van der Waals surface area (Å²) < 4.78 is 13.6. The second-order valence-electron chi connectivity index (χ2n) is 3.97. The molecule has 1 aliphatic rings. The molecule has 0 saturated carbocycles. The molecule has 1 aromatic carbocycles. The first-order chi connectivity index (χ1) is 7.70. The Bertz CT molecular complexity index is 417. The second-order valence-corrected chi connectivity index (χ2v) is 3.97. The summed E-state index contributed by atoms with van der Waals surface area (Å²) in [6, 6.07) is 5.04. The monoisotopic (exact) mass is 223 g/mol. The van der Waals surface area contributed by atoms with E-state index in [-0.39, 0.29) is 18.5 Å². The molecular formula is C12H14FNO2. The van der Waals surface area contributed by atoms with Crippen molar-refractivity contribution in [1.82, 2.24) is 0 Å². The van der Waals surface area contributed by atoms with Gasteiger partial charge in [0.05, 0.1) is 12.3 Å². The molecule has 1 N–H and O–H groups in total. The number of halogens is 1. The van der Waals surface area contributed by atoms with Crippen molar-refractivity contribution in [3.63, 3.8) is 0 Å². The molecule has 1 atom stereocenters. The van der Waals surface area contributed by atoms with Crippen LogP contribution in [0, 0.1) is 12.7 Å². The van der Waals surface area contributed by atoms with Gasteiger partial charge < -0.3 is 9.94 Å². The van der Waals surface area contributed by atoms with E-state index in [0.717, 1.165) is 5.56 Å². The third kappa shape index (κ3) is 2.22. The maximum atomic E-state index is 13.6. The van der Waals surface area contributed by atoms with Gasteiger partial charge in [0.15, 0.2) is 6.10 Å². The molecule has 3 nitrogen and oxygen atoms in total. The molecule has 0 radical (unpaired) electrons. The predicted octanol–water partition coefficient (Wildman–Crippen LogP) is 2.01. The third-order valence-corrected chi connectivity index (χ3v) is 2.65. The fourth-order valence-corrected chi connectivity index (χ4v) is 1.70. The number of hydrogen-bond acceptors (Lipinski definition) is 3. The average Bonchev–Trinajstić information content (AvgIpc) is 2.29. The van der Waals surface area contributed by atoms with Gasteiger partial charge in [-0.05, 0) is 37.5 Å². The summed E-state index contributed by atoms with van der Waals surface area (Å²) in [7, 11) is 0. The first-order valence-electron chi connectivity index (χ1n) is 5.31. The average molecular weight is 223 g/mol. The highest BCUT2D eigenvalue weighted by Crippen LogP contribution is 2.19. The van der Waals surface area contributed by atoms with E-state index in [0.29, 0.717) is 24.1 Å². The molecule has 0 spiro atoms. The van der Waals surface area contributed by atoms with Crippen LogP contribution < -0.4 is 0 Å². The Morgan fingerprint density at radius 3 is 2.94 bits per heavy atom. The zero-order valence-electron chi connectivity index (χ0n) is 9.11. The van der Waals surface area contributed by atoms with Crippen molar-refractivity contribution in [1.29, 1.82) is 0 Å². The van der Waals surface area contributed by atoms with Gasteiger partial charge in [0.2, 0.25) is 0 Å². The minimum atomic E-state index is -0.273. The number of nitrogens with zero attached hydrogens (tertiary/aromatic N) is 1. The first kappa shape index (κ1) is 11.1. The minimum Gasteiger partial charge on any atom is -0.392 e. The van der Waals surface area contributed by atoms with Gasteiger partial charge >= 0.3 is 0 Å². The van der Waals surface area contributed by atoms with E-state index >= 15 is 0 Å². The Labute approximate surface area is 93.5 Å². The molecule has 1 heterocycles. The lowest BCUT2D eigenvalue weighted by Crippen LogP contribution is -2.23. The molecule has 0 aliphatic carbocycles. The van der Waals surface area contributed by atoms with Crippen LogP contribution in [0.2, 0.25) is 0 Å². The van der Waals surface area contributed by atoms with Gasteiger partial charge in [-0.25, -0.2) is 4.39 Å². The summed E-state index contributed by atoms with van der Waals surface area (Å²) in [5.74, 6) is -0.273. The standard InChI is InChI=1S/C12H14FNO2/c1-8-2-4-10(11(13)6-8)12-5-3-9(7-15)16-14-12/h2,4,6,9,15H,3,5,7H2,1H3. The lowest BCUT2D eigenvalue weighted by molar-refractivity contribution is 0.00449. The van der Waals surface area contributed by atoms with Crippen LogP contribution in [0.3, 0.4) is 0 Å². The topological polar surface area (TPSA) is 41.8 Å². The van der Waals surface area contributed by atoms with Gasteiger partial charge in [-0.2, -0.15) is 0 Å². The molecule has 4 heteroatoms. The van der Waals surface area contributed by atoms with Crippen LogP contribution in [0.5, 0.6) is 0 Å². The Hall–Kier alpha value is -1.42. The van der Waals surface area contributed by atoms with E-state index < -0.39 is 0 Å². The molecule has 0 saturated heterocycles. The Balaban J connectivity index is 2.22. The lowest BCUT2D eigenvalue weighted by Gasteiger charge is -2.19. The molecular weight excluding hydrogens is 209 g/mol. The van der Waals surface area contributed by atoms with Crippen molar-refractivity contribution < 1.29 is 14.3 Å². The molecule has 0 bridgehead atoms. The van der Waals surface area contributed by atoms with E-state index in [1.807, 2.05) is 13.0 Å². The zero-order valence-corrected chi connectivity index (χ0v) is 9.11. The maximum Gasteiger partial charge on any atom is 0.150 e. The van der Waals surface area contributed by atoms with Gasteiger partial charge in [0.1, 0.15) is 5.82 Å². The van der Waals surface area contributed by atoms with Crippen LogP contribution >= 0.6 is 0 Å². The van der Waals surface area contributed by atoms with E-state index in [4.69, 9.17) is 9.94 Å². The predicted molar refractivity (Wildman–Crippen MR) is 58.9 cm³/mol. The van der Waals surface area contributed by atoms with Crippen molar-refractivity contribution >= 4 is 5.71 Å². The Kier molecular flexibility index (Phi) is 3.19. The fourth-order valence-electron chi connectivity index (χ4n) is 1.70. The van der Waals surface area contributed by atoms with E-state index in [2.05, 4.69) is 5.16 Å². The van der Waals surface area contributed by atoms with Gasteiger partial charge in [-0.15, -0.1) is 0 Å². The SMILES string of the molecule is Cc1ccc(C2=NOC(CO)CC2)c(F)c1. The van der Waals surface area contributed by atoms with Crippen molar-refractivity contribution in [3.8, 4) is 0 Å². The molecule has 1 aromatic rings. The summed E-state index contributed by atoms with van der Waals surface area (Å²) in [6.07, 6.45) is 1.05. The van der Waals surface area contributed by atoms with Crippen molar-refractivity contribution in [3.05, 3.63) is 35.1 Å². The van der Waals surface area contributed by atoms with Crippen LogP contribution in [-0.2, 0) is 4.84 Å². The maximum absolute atomic E-state index is 13.6. The lowest BCUT2D eigenvalue weighted by atomic mass is 10.0. The summed E-state index contributed by atoms with van der Waals surface area (Å²) in [5, 5.41) is 12.7. The van der Waals surface area contributed by atoms with Gasteiger partial charge in [-0.1, -0.05) is 11.2 Å². The van der Waals surface area contributed by atoms with Gasteiger partial charge in [0.25, 0.3) is 0 Å². The molecule has 0 aromatic heterocycles. The molecule has 16 heavy (non-hydrogen) atoms. The zero-order chi connectivity index (χ0) is 11.5. The molecule has 1 aliphatic heterocycles. The van der Waals surface area contributed by atoms with E-state index in [1.165, 1.54) is 6.07 Å². The summed E-state index contributed by atoms with van der Waals surface area (Å²) >= 11 is 0. The summed E-state index contributed by atoms with van der Waals surface area (Å²) in [4.78, 5) is 5.05. The van der Waals surface area contributed by atoms with Crippen LogP contribution in [0.1, 0.15) is 24.0 Å². The number of rotatable bonds is 2. The Morgan fingerprint density at radius 2 is 2.38 bits per heavy atom. The van der Waals surface area contributed by atoms with Crippen LogP contribution in [-0.4, -0.2) is 23.5 Å². The number of hydrogen-bond donors (Lipinski definition) is 1. The molecule has 1 unspecified atom stereocenters. The first-order valence-corrected chi connectivity index (χ1v) is 5.31. The number of aryl methyl sites for hydroxylation is 1. The van der Waals surface area contributed by atoms with Gasteiger partial charge in [-0.3, -0.25) is 0 Å².